The Labute approximate surface area is 89.6 Å². The number of hydrogen-bond acceptors (Lipinski definition) is 3. The molecule has 1 amide bonds. The largest absolute Gasteiger partial charge is 0.299 e. The third kappa shape index (κ3) is 1.17. The molecule has 2 aliphatic carbocycles. The summed E-state index contributed by atoms with van der Waals surface area (Å²) in [5.74, 6) is 5.59. The van der Waals surface area contributed by atoms with Crippen LogP contribution in [0.5, 0.6) is 0 Å². The number of nitrogens with one attached hydrogen (secondary N) is 1. The average molecular weight is 210 g/mol. The van der Waals surface area contributed by atoms with Gasteiger partial charge in [-0.1, -0.05) is 13.8 Å². The molecule has 0 heterocycles. The Morgan fingerprint density at radius 3 is 2.67 bits per heavy atom. The highest BCUT2D eigenvalue weighted by Crippen LogP contribution is 2.65. The summed E-state index contributed by atoms with van der Waals surface area (Å²) >= 11 is 0. The van der Waals surface area contributed by atoms with Gasteiger partial charge in [0.25, 0.3) is 0 Å². The van der Waals surface area contributed by atoms with Gasteiger partial charge in [0.05, 0.1) is 0 Å². The van der Waals surface area contributed by atoms with E-state index in [1.165, 1.54) is 0 Å². The van der Waals surface area contributed by atoms with Crippen molar-refractivity contribution in [3.63, 3.8) is 0 Å². The fourth-order valence-corrected chi connectivity index (χ4v) is 3.51. The van der Waals surface area contributed by atoms with Crippen LogP contribution in [0.3, 0.4) is 0 Å². The first kappa shape index (κ1) is 10.6. The molecular formula is C11H18N2O2. The van der Waals surface area contributed by atoms with Crippen molar-refractivity contribution >= 4 is 11.7 Å². The molecule has 0 saturated heterocycles. The predicted octanol–water partition coefficient (Wildman–Crippen LogP) is 0.762. The zero-order valence-electron chi connectivity index (χ0n) is 9.30. The number of hydrazine groups is 1. The van der Waals surface area contributed by atoms with Gasteiger partial charge in [-0.3, -0.25) is 15.0 Å². The summed E-state index contributed by atoms with van der Waals surface area (Å²) in [5.41, 5.74) is 1.65. The Morgan fingerprint density at radius 1 is 1.60 bits per heavy atom. The summed E-state index contributed by atoms with van der Waals surface area (Å²) in [6.45, 7) is 4.22. The molecule has 0 aliphatic heterocycles. The normalized spacial score (nSPS) is 37.0. The molecule has 2 unspecified atom stereocenters. The van der Waals surface area contributed by atoms with E-state index in [-0.39, 0.29) is 23.5 Å². The molecule has 4 heteroatoms. The Bertz CT molecular complexity index is 325. The van der Waals surface area contributed by atoms with E-state index in [4.69, 9.17) is 5.84 Å². The third-order valence-corrected chi connectivity index (χ3v) is 4.76. The minimum atomic E-state index is -0.443. The molecule has 0 aromatic heterocycles. The van der Waals surface area contributed by atoms with Gasteiger partial charge in [-0.25, -0.2) is 5.84 Å². The standard InChI is InChI=1S/C11H18N2O2/c1-10(2)7-3-4-11(10,8(14)5-7)6-9(15)13-12/h7H,3-6,12H2,1-2H3,(H,13,15). The first-order chi connectivity index (χ1) is 6.94. The van der Waals surface area contributed by atoms with Gasteiger partial charge < -0.3 is 0 Å². The molecule has 4 nitrogen and oxygen atoms in total. The number of fused-ring (bicyclic) bond motifs is 2. The van der Waals surface area contributed by atoms with E-state index < -0.39 is 5.41 Å². The van der Waals surface area contributed by atoms with Crippen LogP contribution in [-0.4, -0.2) is 11.7 Å². The molecule has 2 rings (SSSR count). The monoisotopic (exact) mass is 210 g/mol. The fourth-order valence-electron chi connectivity index (χ4n) is 3.51. The topological polar surface area (TPSA) is 72.2 Å². The quantitative estimate of drug-likeness (QED) is 0.401. The van der Waals surface area contributed by atoms with Crippen molar-refractivity contribution in [2.75, 3.05) is 0 Å². The lowest BCUT2D eigenvalue weighted by molar-refractivity contribution is -0.136. The average Bonchev–Trinajstić information content (AvgIpc) is 2.51. The van der Waals surface area contributed by atoms with E-state index in [2.05, 4.69) is 19.3 Å². The highest BCUT2D eigenvalue weighted by Gasteiger charge is 2.64. The molecule has 0 aromatic carbocycles. The fraction of sp³-hybridized carbons (Fsp3) is 0.818. The van der Waals surface area contributed by atoms with Crippen LogP contribution in [0, 0.1) is 16.7 Å². The Morgan fingerprint density at radius 2 is 2.27 bits per heavy atom. The second kappa shape index (κ2) is 3.04. The van der Waals surface area contributed by atoms with Gasteiger partial charge in [0.2, 0.25) is 5.91 Å². The van der Waals surface area contributed by atoms with Crippen LogP contribution in [0.15, 0.2) is 0 Å². The van der Waals surface area contributed by atoms with Gasteiger partial charge >= 0.3 is 0 Å². The van der Waals surface area contributed by atoms with Crippen molar-refractivity contribution in [3.8, 4) is 0 Å². The van der Waals surface area contributed by atoms with Gasteiger partial charge in [-0.2, -0.15) is 0 Å². The lowest BCUT2D eigenvalue weighted by Gasteiger charge is -2.35. The Balaban J connectivity index is 2.31. The zero-order valence-corrected chi connectivity index (χ0v) is 9.30. The van der Waals surface area contributed by atoms with Crippen molar-refractivity contribution in [3.05, 3.63) is 0 Å². The molecule has 2 aliphatic rings. The van der Waals surface area contributed by atoms with Gasteiger partial charge in [0.15, 0.2) is 0 Å². The highest BCUT2D eigenvalue weighted by molar-refractivity contribution is 5.94. The summed E-state index contributed by atoms with van der Waals surface area (Å²) in [6.07, 6.45) is 2.81. The number of carbonyl (C=O) groups excluding carboxylic acids is 2. The number of Topliss-reactive ketones (excluding diaryl/α,β-unsaturated/α-hetero) is 1. The molecule has 3 N–H and O–H groups in total. The first-order valence-corrected chi connectivity index (χ1v) is 5.47. The highest BCUT2D eigenvalue weighted by atomic mass is 16.2. The summed E-state index contributed by atoms with van der Waals surface area (Å²) in [5, 5.41) is 0. The molecule has 2 saturated carbocycles. The number of carbonyl (C=O) groups is 2. The minimum Gasteiger partial charge on any atom is -0.299 e. The number of ketones is 1. The van der Waals surface area contributed by atoms with Crippen LogP contribution in [0.1, 0.15) is 39.5 Å². The van der Waals surface area contributed by atoms with Crippen molar-refractivity contribution < 1.29 is 9.59 Å². The second-order valence-electron chi connectivity index (χ2n) is 5.41. The maximum Gasteiger partial charge on any atom is 0.234 e. The minimum absolute atomic E-state index is 0.0450. The Hall–Kier alpha value is -0.900. The lowest BCUT2D eigenvalue weighted by Crippen LogP contribution is -2.42. The van der Waals surface area contributed by atoms with Crippen molar-refractivity contribution in [1.29, 1.82) is 0 Å². The maximum absolute atomic E-state index is 12.0. The molecule has 15 heavy (non-hydrogen) atoms. The van der Waals surface area contributed by atoms with Crippen LogP contribution in [0.2, 0.25) is 0 Å². The third-order valence-electron chi connectivity index (χ3n) is 4.76. The molecule has 84 valence electrons. The summed E-state index contributed by atoms with van der Waals surface area (Å²) in [4.78, 5) is 23.4. The predicted molar refractivity (Wildman–Crippen MR) is 55.5 cm³/mol. The van der Waals surface area contributed by atoms with Gasteiger partial charge in [0.1, 0.15) is 5.78 Å². The second-order valence-corrected chi connectivity index (χ2v) is 5.41. The van der Waals surface area contributed by atoms with Crippen LogP contribution in [0.4, 0.5) is 0 Å². The molecule has 2 fully saturated rings. The summed E-state index contributed by atoms with van der Waals surface area (Å²) in [6, 6.07) is 0. The van der Waals surface area contributed by atoms with Crippen LogP contribution in [0.25, 0.3) is 0 Å². The molecule has 2 atom stereocenters. The van der Waals surface area contributed by atoms with Crippen molar-refractivity contribution in [2.45, 2.75) is 39.5 Å². The van der Waals surface area contributed by atoms with Crippen LogP contribution in [-0.2, 0) is 9.59 Å². The summed E-state index contributed by atoms with van der Waals surface area (Å²) in [7, 11) is 0. The molecule has 0 radical (unpaired) electrons. The molecule has 0 spiro atoms. The molecular weight excluding hydrogens is 192 g/mol. The smallest absolute Gasteiger partial charge is 0.234 e. The SMILES string of the molecule is CC1(C)C2CCC1(CC(=O)NN)C(=O)C2. The number of hydrogen-bond donors (Lipinski definition) is 2. The number of rotatable bonds is 2. The maximum atomic E-state index is 12.0. The molecule has 2 bridgehead atoms. The van der Waals surface area contributed by atoms with E-state index in [0.717, 1.165) is 12.8 Å². The van der Waals surface area contributed by atoms with Crippen molar-refractivity contribution in [1.82, 2.24) is 5.43 Å². The van der Waals surface area contributed by atoms with E-state index in [1.54, 1.807) is 0 Å². The van der Waals surface area contributed by atoms with Crippen molar-refractivity contribution in [2.24, 2.45) is 22.6 Å². The van der Waals surface area contributed by atoms with E-state index in [9.17, 15) is 9.59 Å². The van der Waals surface area contributed by atoms with Gasteiger partial charge in [-0.15, -0.1) is 0 Å². The number of nitrogens with two attached hydrogens (primary N) is 1. The van der Waals surface area contributed by atoms with Crippen LogP contribution >= 0.6 is 0 Å². The molecule has 0 aromatic rings. The van der Waals surface area contributed by atoms with Crippen LogP contribution < -0.4 is 11.3 Å². The first-order valence-electron chi connectivity index (χ1n) is 5.47. The van der Waals surface area contributed by atoms with E-state index >= 15 is 0 Å². The van der Waals surface area contributed by atoms with E-state index in [1.807, 2.05) is 0 Å². The van der Waals surface area contributed by atoms with Gasteiger partial charge in [-0.05, 0) is 24.2 Å². The van der Waals surface area contributed by atoms with E-state index in [0.29, 0.717) is 12.3 Å². The van der Waals surface area contributed by atoms with Gasteiger partial charge in [0, 0.05) is 18.3 Å². The number of amides is 1. The zero-order chi connectivity index (χ0) is 11.3. The summed E-state index contributed by atoms with van der Waals surface area (Å²) < 4.78 is 0. The lowest BCUT2D eigenvalue weighted by atomic mass is 9.67. The Kier molecular flexibility index (Phi) is 2.15.